The fourth-order valence-electron chi connectivity index (χ4n) is 2.04. The van der Waals surface area contributed by atoms with Crippen molar-refractivity contribution >= 4 is 15.9 Å². The van der Waals surface area contributed by atoms with Crippen LogP contribution in [0.15, 0.2) is 46.9 Å². The molecule has 2 aromatic carbocycles. The van der Waals surface area contributed by atoms with Gasteiger partial charge >= 0.3 is 0 Å². The highest BCUT2D eigenvalue weighted by atomic mass is 79.9. The third-order valence-corrected chi connectivity index (χ3v) is 3.66. The van der Waals surface area contributed by atoms with Gasteiger partial charge in [-0.2, -0.15) is 0 Å². The fraction of sp³-hybridized carbons (Fsp3) is 0.200. The molecular weight excluding hydrogens is 323 g/mol. The number of hydrogen-bond donors (Lipinski definition) is 2. The molecule has 2 rings (SSSR count). The van der Waals surface area contributed by atoms with E-state index in [9.17, 15) is 4.39 Å². The van der Waals surface area contributed by atoms with Crippen molar-refractivity contribution in [2.75, 3.05) is 7.11 Å². The largest absolute Gasteiger partial charge is 0.494 e. The smallest absolute Gasteiger partial charge is 0.165 e. The quantitative estimate of drug-likeness (QED) is 0.649. The van der Waals surface area contributed by atoms with E-state index in [0.717, 1.165) is 15.6 Å². The predicted molar refractivity (Wildman–Crippen MR) is 80.9 cm³/mol. The minimum atomic E-state index is -0.364. The number of hydrogen-bond acceptors (Lipinski definition) is 3. The van der Waals surface area contributed by atoms with E-state index >= 15 is 0 Å². The van der Waals surface area contributed by atoms with Crippen LogP contribution in [0.2, 0.25) is 0 Å². The van der Waals surface area contributed by atoms with Crippen LogP contribution in [0.4, 0.5) is 4.39 Å². The van der Waals surface area contributed by atoms with E-state index < -0.39 is 0 Å². The molecule has 0 spiro atoms. The highest BCUT2D eigenvalue weighted by Crippen LogP contribution is 2.23. The monoisotopic (exact) mass is 338 g/mol. The first-order valence-electron chi connectivity index (χ1n) is 6.18. The van der Waals surface area contributed by atoms with Gasteiger partial charge < -0.3 is 4.74 Å². The molecule has 0 aromatic heterocycles. The molecular formula is C15H16BrFN2O. The van der Waals surface area contributed by atoms with Crippen molar-refractivity contribution in [3.8, 4) is 5.75 Å². The Morgan fingerprint density at radius 3 is 2.50 bits per heavy atom. The maximum atomic E-state index is 13.7. The van der Waals surface area contributed by atoms with Crippen LogP contribution in [0.25, 0.3) is 0 Å². The van der Waals surface area contributed by atoms with Crippen LogP contribution >= 0.6 is 15.9 Å². The van der Waals surface area contributed by atoms with E-state index in [1.165, 1.54) is 13.2 Å². The molecule has 0 amide bonds. The van der Waals surface area contributed by atoms with Crippen molar-refractivity contribution < 1.29 is 9.13 Å². The molecule has 1 atom stereocenters. The molecule has 0 fully saturated rings. The molecule has 0 saturated carbocycles. The second-order valence-electron chi connectivity index (χ2n) is 4.44. The third-order valence-electron chi connectivity index (χ3n) is 3.13. The number of ether oxygens (including phenoxy) is 1. The van der Waals surface area contributed by atoms with E-state index in [-0.39, 0.29) is 17.6 Å². The summed E-state index contributed by atoms with van der Waals surface area (Å²) in [5.41, 5.74) is 4.67. The molecule has 0 aliphatic heterocycles. The van der Waals surface area contributed by atoms with E-state index in [1.54, 1.807) is 6.07 Å². The number of nitrogens with one attached hydrogen (secondary N) is 1. The summed E-state index contributed by atoms with van der Waals surface area (Å²) in [5, 5.41) is 0. The van der Waals surface area contributed by atoms with Crippen molar-refractivity contribution in [2.24, 2.45) is 5.84 Å². The molecule has 0 heterocycles. The lowest BCUT2D eigenvalue weighted by Crippen LogP contribution is -2.29. The van der Waals surface area contributed by atoms with Gasteiger partial charge in [-0.05, 0) is 41.8 Å². The maximum absolute atomic E-state index is 13.7. The van der Waals surface area contributed by atoms with Gasteiger partial charge in [0.1, 0.15) is 0 Å². The minimum Gasteiger partial charge on any atom is -0.494 e. The Bertz CT molecular complexity index is 575. The van der Waals surface area contributed by atoms with Crippen molar-refractivity contribution in [2.45, 2.75) is 12.5 Å². The SMILES string of the molecule is COc1ccc(CC(NN)c2ccc(Br)cc2)cc1F. The summed E-state index contributed by atoms with van der Waals surface area (Å²) < 4.78 is 19.6. The molecule has 2 aromatic rings. The maximum Gasteiger partial charge on any atom is 0.165 e. The zero-order valence-corrected chi connectivity index (χ0v) is 12.7. The van der Waals surface area contributed by atoms with Crippen molar-refractivity contribution in [3.05, 3.63) is 63.9 Å². The van der Waals surface area contributed by atoms with Gasteiger partial charge in [-0.3, -0.25) is 11.3 Å². The summed E-state index contributed by atoms with van der Waals surface area (Å²) in [6.07, 6.45) is 0.596. The van der Waals surface area contributed by atoms with E-state index in [2.05, 4.69) is 21.4 Å². The summed E-state index contributed by atoms with van der Waals surface area (Å²) in [6, 6.07) is 12.7. The normalized spacial score (nSPS) is 12.2. The van der Waals surface area contributed by atoms with Gasteiger partial charge in [0.2, 0.25) is 0 Å². The Hall–Kier alpha value is -1.43. The summed E-state index contributed by atoms with van der Waals surface area (Å²) in [4.78, 5) is 0. The van der Waals surface area contributed by atoms with Crippen LogP contribution in [-0.2, 0) is 6.42 Å². The average Bonchev–Trinajstić information content (AvgIpc) is 2.46. The Kier molecular flexibility index (Phi) is 5.11. The van der Waals surface area contributed by atoms with Crippen LogP contribution in [0.1, 0.15) is 17.2 Å². The third kappa shape index (κ3) is 3.56. The number of rotatable bonds is 5. The summed E-state index contributed by atoms with van der Waals surface area (Å²) in [7, 11) is 1.45. The van der Waals surface area contributed by atoms with E-state index in [0.29, 0.717) is 6.42 Å². The van der Waals surface area contributed by atoms with Crippen LogP contribution in [0.3, 0.4) is 0 Å². The summed E-state index contributed by atoms with van der Waals surface area (Å²) in [5.74, 6) is 5.49. The Labute approximate surface area is 126 Å². The standard InChI is InChI=1S/C15H16BrFN2O/c1-20-15-7-2-10(8-13(15)17)9-14(19-18)11-3-5-12(16)6-4-11/h2-8,14,19H,9,18H2,1H3. The molecule has 0 saturated heterocycles. The topological polar surface area (TPSA) is 47.3 Å². The molecule has 3 nitrogen and oxygen atoms in total. The lowest BCUT2D eigenvalue weighted by molar-refractivity contribution is 0.386. The van der Waals surface area contributed by atoms with Crippen molar-refractivity contribution in [1.29, 1.82) is 0 Å². The lowest BCUT2D eigenvalue weighted by Gasteiger charge is -2.17. The van der Waals surface area contributed by atoms with E-state index in [4.69, 9.17) is 10.6 Å². The van der Waals surface area contributed by atoms with Gasteiger partial charge in [-0.1, -0.05) is 34.1 Å². The second-order valence-corrected chi connectivity index (χ2v) is 5.36. The number of benzene rings is 2. The number of halogens is 2. The molecule has 20 heavy (non-hydrogen) atoms. The van der Waals surface area contributed by atoms with Crippen LogP contribution < -0.4 is 16.0 Å². The number of nitrogens with two attached hydrogens (primary N) is 1. The highest BCUT2D eigenvalue weighted by molar-refractivity contribution is 9.10. The first-order valence-corrected chi connectivity index (χ1v) is 6.97. The van der Waals surface area contributed by atoms with Gasteiger partial charge in [0.15, 0.2) is 11.6 Å². The van der Waals surface area contributed by atoms with Gasteiger partial charge in [-0.25, -0.2) is 4.39 Å². The van der Waals surface area contributed by atoms with Crippen LogP contribution in [-0.4, -0.2) is 7.11 Å². The fourth-order valence-corrected chi connectivity index (χ4v) is 2.30. The average molecular weight is 339 g/mol. The summed E-state index contributed by atoms with van der Waals surface area (Å²) in [6.45, 7) is 0. The number of hydrazine groups is 1. The zero-order valence-electron chi connectivity index (χ0n) is 11.1. The molecule has 5 heteroatoms. The Morgan fingerprint density at radius 2 is 1.95 bits per heavy atom. The van der Waals surface area contributed by atoms with E-state index in [1.807, 2.05) is 30.3 Å². The first-order chi connectivity index (χ1) is 9.63. The molecule has 1 unspecified atom stereocenters. The van der Waals surface area contributed by atoms with Crippen LogP contribution in [0.5, 0.6) is 5.75 Å². The van der Waals surface area contributed by atoms with Gasteiger partial charge in [0, 0.05) is 10.5 Å². The lowest BCUT2D eigenvalue weighted by atomic mass is 9.99. The Morgan fingerprint density at radius 1 is 1.25 bits per heavy atom. The molecule has 0 bridgehead atoms. The molecule has 106 valence electrons. The zero-order chi connectivity index (χ0) is 14.5. The minimum absolute atomic E-state index is 0.0732. The van der Waals surface area contributed by atoms with Gasteiger partial charge in [-0.15, -0.1) is 0 Å². The number of methoxy groups -OCH3 is 1. The van der Waals surface area contributed by atoms with Crippen LogP contribution in [0, 0.1) is 5.82 Å². The Balaban J connectivity index is 2.17. The predicted octanol–water partition coefficient (Wildman–Crippen LogP) is 3.34. The molecule has 0 aliphatic carbocycles. The molecule has 0 aliphatic rings. The summed E-state index contributed by atoms with van der Waals surface area (Å²) >= 11 is 3.39. The van der Waals surface area contributed by atoms with Gasteiger partial charge in [0.05, 0.1) is 7.11 Å². The highest BCUT2D eigenvalue weighted by Gasteiger charge is 2.12. The molecule has 0 radical (unpaired) electrons. The molecule has 3 N–H and O–H groups in total. The first kappa shape index (κ1) is 15.0. The van der Waals surface area contributed by atoms with Gasteiger partial charge in [0.25, 0.3) is 0 Å². The second kappa shape index (κ2) is 6.83. The van der Waals surface area contributed by atoms with Crippen molar-refractivity contribution in [3.63, 3.8) is 0 Å². The van der Waals surface area contributed by atoms with Crippen molar-refractivity contribution in [1.82, 2.24) is 5.43 Å².